The molecular weight excluding hydrogens is 480 g/mol. The van der Waals surface area contributed by atoms with Crippen molar-refractivity contribution in [3.05, 3.63) is 100 Å². The zero-order valence-electron chi connectivity index (χ0n) is 18.1. The van der Waals surface area contributed by atoms with Crippen LogP contribution in [0.15, 0.2) is 89.1 Å². The number of benzene rings is 2. The van der Waals surface area contributed by atoms with Crippen LogP contribution in [-0.4, -0.2) is 49.9 Å². The SMILES string of the molecule is COC(=O)C1=C(C(=O)OC)[C@]2(c3ccccc3)c3cc(Cl)ccc3S(=O)(=O)N2[C@@H]2C=CC=CN12. The summed E-state index contributed by atoms with van der Waals surface area (Å²) in [6.07, 6.45) is 5.51. The zero-order chi connectivity index (χ0) is 24.3. The molecule has 0 spiro atoms. The van der Waals surface area contributed by atoms with Crippen LogP contribution in [0.2, 0.25) is 5.02 Å². The Morgan fingerprint density at radius 1 is 1.00 bits per heavy atom. The van der Waals surface area contributed by atoms with Gasteiger partial charge in [-0.2, -0.15) is 4.31 Å². The molecule has 0 fully saturated rings. The molecule has 3 aliphatic heterocycles. The van der Waals surface area contributed by atoms with Gasteiger partial charge in [-0.1, -0.05) is 48.0 Å². The first-order chi connectivity index (χ1) is 16.3. The van der Waals surface area contributed by atoms with Crippen molar-refractivity contribution in [3.8, 4) is 0 Å². The minimum Gasteiger partial charge on any atom is -0.466 e. The molecule has 3 heterocycles. The van der Waals surface area contributed by atoms with E-state index in [4.69, 9.17) is 21.1 Å². The van der Waals surface area contributed by atoms with Crippen LogP contribution in [0.3, 0.4) is 0 Å². The summed E-state index contributed by atoms with van der Waals surface area (Å²) in [7, 11) is -1.81. The van der Waals surface area contributed by atoms with Crippen LogP contribution >= 0.6 is 11.6 Å². The fourth-order valence-corrected chi connectivity index (χ4v) is 7.16. The summed E-state index contributed by atoms with van der Waals surface area (Å²) in [6, 6.07) is 13.0. The van der Waals surface area contributed by atoms with E-state index in [-0.39, 0.29) is 26.8 Å². The summed E-state index contributed by atoms with van der Waals surface area (Å²) in [5.74, 6) is -1.69. The Kier molecular flexibility index (Phi) is 5.16. The maximum Gasteiger partial charge on any atom is 0.355 e. The highest BCUT2D eigenvalue weighted by Crippen LogP contribution is 2.58. The lowest BCUT2D eigenvalue weighted by atomic mass is 9.73. The van der Waals surface area contributed by atoms with Crippen molar-refractivity contribution in [1.29, 1.82) is 0 Å². The van der Waals surface area contributed by atoms with E-state index in [9.17, 15) is 18.0 Å². The van der Waals surface area contributed by atoms with Gasteiger partial charge in [0, 0.05) is 16.8 Å². The molecule has 2 atom stereocenters. The first-order valence-corrected chi connectivity index (χ1v) is 12.1. The number of sulfonamides is 1. The molecule has 34 heavy (non-hydrogen) atoms. The molecule has 0 amide bonds. The highest BCUT2D eigenvalue weighted by molar-refractivity contribution is 7.89. The number of hydrogen-bond donors (Lipinski definition) is 0. The smallest absolute Gasteiger partial charge is 0.355 e. The molecule has 0 radical (unpaired) electrons. The van der Waals surface area contributed by atoms with E-state index < -0.39 is 33.7 Å². The van der Waals surface area contributed by atoms with Gasteiger partial charge in [0.15, 0.2) is 0 Å². The van der Waals surface area contributed by atoms with E-state index in [1.807, 2.05) is 0 Å². The van der Waals surface area contributed by atoms with Crippen molar-refractivity contribution in [3.63, 3.8) is 0 Å². The third-order valence-electron chi connectivity index (χ3n) is 6.18. The summed E-state index contributed by atoms with van der Waals surface area (Å²) < 4.78 is 39.6. The number of esters is 2. The van der Waals surface area contributed by atoms with E-state index in [1.165, 1.54) is 47.8 Å². The van der Waals surface area contributed by atoms with Crippen LogP contribution < -0.4 is 0 Å². The van der Waals surface area contributed by atoms with Crippen LogP contribution in [0, 0.1) is 0 Å². The topological polar surface area (TPSA) is 93.2 Å². The highest BCUT2D eigenvalue weighted by atomic mass is 35.5. The van der Waals surface area contributed by atoms with Gasteiger partial charge in [0.2, 0.25) is 10.0 Å². The van der Waals surface area contributed by atoms with Crippen molar-refractivity contribution < 1.29 is 27.5 Å². The second-order valence-electron chi connectivity index (χ2n) is 7.77. The van der Waals surface area contributed by atoms with Crippen molar-refractivity contribution >= 4 is 33.6 Å². The van der Waals surface area contributed by atoms with Gasteiger partial charge in [-0.05, 0) is 35.9 Å². The molecule has 2 aromatic rings. The lowest BCUT2D eigenvalue weighted by Gasteiger charge is -2.50. The molecule has 0 unspecified atom stereocenters. The number of halogens is 1. The molecule has 5 rings (SSSR count). The fraction of sp³-hybridized carbons (Fsp3) is 0.167. The van der Waals surface area contributed by atoms with E-state index in [0.717, 1.165) is 0 Å². The predicted molar refractivity (Wildman–Crippen MR) is 123 cm³/mol. The lowest BCUT2D eigenvalue weighted by molar-refractivity contribution is -0.143. The second kappa shape index (κ2) is 7.83. The summed E-state index contributed by atoms with van der Waals surface area (Å²) in [4.78, 5) is 28.1. The van der Waals surface area contributed by atoms with E-state index >= 15 is 0 Å². The standard InChI is InChI=1S/C24H19ClN2O6S/c1-32-22(28)20-21(23(29)33-2)26-13-7-6-10-19(26)27-24(20,15-8-4-3-5-9-15)17-14-16(25)11-12-18(17)34(27,30)31/h3-14,19H,1-2H3/t19-,24+/m1/s1. The number of fused-ring (bicyclic) bond motifs is 5. The Hall–Kier alpha value is -3.40. The molecule has 0 bridgehead atoms. The van der Waals surface area contributed by atoms with Gasteiger partial charge in [-0.25, -0.2) is 18.0 Å². The number of ether oxygens (including phenoxy) is 2. The van der Waals surface area contributed by atoms with Gasteiger partial charge in [0.05, 0.1) is 24.7 Å². The third-order valence-corrected chi connectivity index (χ3v) is 8.34. The minimum atomic E-state index is -4.18. The van der Waals surface area contributed by atoms with Crippen LogP contribution in [0.25, 0.3) is 0 Å². The normalized spacial score (nSPS) is 24.3. The Balaban J connectivity index is 2.06. The molecule has 0 N–H and O–H groups in total. The average Bonchev–Trinajstić information content (AvgIpc) is 3.06. The zero-order valence-corrected chi connectivity index (χ0v) is 19.7. The Morgan fingerprint density at radius 3 is 2.38 bits per heavy atom. The molecule has 3 aliphatic rings. The maximum absolute atomic E-state index is 14.1. The molecule has 8 nitrogen and oxygen atoms in total. The third kappa shape index (κ3) is 2.78. The van der Waals surface area contributed by atoms with Crippen molar-refractivity contribution in [2.24, 2.45) is 0 Å². The van der Waals surface area contributed by atoms with Crippen molar-refractivity contribution in [2.75, 3.05) is 14.2 Å². The maximum atomic E-state index is 14.1. The first-order valence-electron chi connectivity index (χ1n) is 10.2. The van der Waals surface area contributed by atoms with Gasteiger partial charge in [-0.3, -0.25) is 0 Å². The summed E-state index contributed by atoms with van der Waals surface area (Å²) >= 11 is 6.35. The molecule has 2 aromatic carbocycles. The van der Waals surface area contributed by atoms with Gasteiger partial charge < -0.3 is 14.4 Å². The minimum absolute atomic E-state index is 0.0174. The summed E-state index contributed by atoms with van der Waals surface area (Å²) in [5.41, 5.74) is -1.36. The number of allylic oxidation sites excluding steroid dienone is 2. The lowest BCUT2D eigenvalue weighted by Crippen LogP contribution is -2.62. The first kappa shape index (κ1) is 22.4. The number of rotatable bonds is 3. The van der Waals surface area contributed by atoms with Crippen LogP contribution in [-0.2, 0) is 34.6 Å². The highest BCUT2D eigenvalue weighted by Gasteiger charge is 2.66. The molecular formula is C24H19ClN2O6S. The molecule has 10 heteroatoms. The monoisotopic (exact) mass is 498 g/mol. The quantitative estimate of drug-likeness (QED) is 0.601. The number of hydrogen-bond acceptors (Lipinski definition) is 7. The van der Waals surface area contributed by atoms with Crippen molar-refractivity contribution in [1.82, 2.24) is 9.21 Å². The molecule has 0 aromatic heterocycles. The van der Waals surface area contributed by atoms with Gasteiger partial charge in [0.25, 0.3) is 0 Å². The van der Waals surface area contributed by atoms with Crippen molar-refractivity contribution in [2.45, 2.75) is 16.6 Å². The summed E-state index contributed by atoms with van der Waals surface area (Å²) in [6.45, 7) is 0. The number of methoxy groups -OCH3 is 2. The molecule has 174 valence electrons. The van der Waals surface area contributed by atoms with Gasteiger partial charge in [0.1, 0.15) is 17.4 Å². The van der Waals surface area contributed by atoms with Crippen LogP contribution in [0.5, 0.6) is 0 Å². The van der Waals surface area contributed by atoms with Gasteiger partial charge >= 0.3 is 11.9 Å². The Morgan fingerprint density at radius 2 is 1.71 bits per heavy atom. The predicted octanol–water partition coefficient (Wildman–Crippen LogP) is 2.91. The molecule has 0 saturated carbocycles. The number of carbonyl (C=O) groups excluding carboxylic acids is 2. The fourth-order valence-electron chi connectivity index (χ4n) is 4.94. The average molecular weight is 499 g/mol. The van der Waals surface area contributed by atoms with E-state index in [2.05, 4.69) is 0 Å². The second-order valence-corrected chi connectivity index (χ2v) is 9.99. The van der Waals surface area contributed by atoms with E-state index in [1.54, 1.807) is 48.6 Å². The largest absolute Gasteiger partial charge is 0.466 e. The van der Waals surface area contributed by atoms with Crippen LogP contribution in [0.4, 0.5) is 0 Å². The Bertz CT molecular complexity index is 1420. The van der Waals surface area contributed by atoms with Crippen LogP contribution in [0.1, 0.15) is 11.1 Å². The Labute approximate surface area is 201 Å². The van der Waals surface area contributed by atoms with E-state index in [0.29, 0.717) is 5.56 Å². The summed E-state index contributed by atoms with van der Waals surface area (Å²) in [5, 5.41) is 0.274. The molecule has 0 saturated heterocycles. The molecule has 0 aliphatic carbocycles. The number of carbonyl (C=O) groups is 2. The number of nitrogens with zero attached hydrogens (tertiary/aromatic N) is 2. The van der Waals surface area contributed by atoms with Gasteiger partial charge in [-0.15, -0.1) is 0 Å².